The van der Waals surface area contributed by atoms with Gasteiger partial charge in [0.2, 0.25) is 0 Å². The van der Waals surface area contributed by atoms with Crippen LogP contribution in [0.25, 0.3) is 0 Å². The van der Waals surface area contributed by atoms with E-state index in [-0.39, 0.29) is 5.54 Å². The van der Waals surface area contributed by atoms with Gasteiger partial charge in [-0.2, -0.15) is 5.26 Å². The molecule has 1 fully saturated rings. The number of aryl methyl sites for hydroxylation is 1. The van der Waals surface area contributed by atoms with Gasteiger partial charge in [0.05, 0.1) is 11.6 Å². The number of aromatic nitrogens is 1. The molecule has 0 amide bonds. The Morgan fingerprint density at radius 2 is 2.12 bits per heavy atom. The van der Waals surface area contributed by atoms with E-state index in [9.17, 15) is 0 Å². The maximum Gasteiger partial charge on any atom is 0.127 e. The summed E-state index contributed by atoms with van der Waals surface area (Å²) in [5.41, 5.74) is 1.63. The smallest absolute Gasteiger partial charge is 0.127 e. The van der Waals surface area contributed by atoms with Crippen LogP contribution in [0.1, 0.15) is 37.9 Å². The number of hydrogen-bond acceptors (Lipinski definition) is 3. The summed E-state index contributed by atoms with van der Waals surface area (Å²) in [5.74, 6) is 1.55. The molecule has 1 aliphatic rings. The highest BCUT2D eigenvalue weighted by Gasteiger charge is 2.37. The molecule has 0 radical (unpaired) electrons. The lowest BCUT2D eigenvalue weighted by Crippen LogP contribution is -2.33. The standard InChI is InChI=1S/C13H17N3/c1-9-6-10(8-14)7-12(15-9)16-13(2,3)11-4-5-11/h6-7,11H,4-5H2,1-3H3,(H,15,16). The van der Waals surface area contributed by atoms with Gasteiger partial charge in [-0.05, 0) is 51.7 Å². The molecule has 1 aromatic rings. The summed E-state index contributed by atoms with van der Waals surface area (Å²) in [4.78, 5) is 4.41. The molecule has 0 saturated heterocycles. The van der Waals surface area contributed by atoms with Crippen LogP contribution in [0.2, 0.25) is 0 Å². The van der Waals surface area contributed by atoms with Crippen molar-refractivity contribution in [1.29, 1.82) is 5.26 Å². The molecular formula is C13H17N3. The molecule has 1 saturated carbocycles. The minimum atomic E-state index is 0.0769. The summed E-state index contributed by atoms with van der Waals surface area (Å²) in [6.07, 6.45) is 2.58. The van der Waals surface area contributed by atoms with Gasteiger partial charge in [0, 0.05) is 11.2 Å². The van der Waals surface area contributed by atoms with Gasteiger partial charge in [-0.1, -0.05) is 0 Å². The fourth-order valence-corrected chi connectivity index (χ4v) is 2.03. The van der Waals surface area contributed by atoms with Crippen LogP contribution in [0.5, 0.6) is 0 Å². The molecule has 84 valence electrons. The zero-order valence-electron chi connectivity index (χ0n) is 10.0. The van der Waals surface area contributed by atoms with Gasteiger partial charge in [-0.3, -0.25) is 0 Å². The van der Waals surface area contributed by atoms with Crippen LogP contribution in [0.15, 0.2) is 12.1 Å². The number of anilines is 1. The second kappa shape index (κ2) is 3.79. The Kier molecular flexibility index (Phi) is 2.59. The molecule has 16 heavy (non-hydrogen) atoms. The Balaban J connectivity index is 2.21. The van der Waals surface area contributed by atoms with E-state index in [2.05, 4.69) is 30.2 Å². The molecule has 3 nitrogen and oxygen atoms in total. The molecule has 1 N–H and O–H groups in total. The fourth-order valence-electron chi connectivity index (χ4n) is 2.03. The molecule has 0 unspecified atom stereocenters. The molecule has 0 spiro atoms. The quantitative estimate of drug-likeness (QED) is 0.843. The van der Waals surface area contributed by atoms with Gasteiger partial charge in [0.15, 0.2) is 0 Å². The molecule has 1 aromatic heterocycles. The van der Waals surface area contributed by atoms with Crippen LogP contribution < -0.4 is 5.32 Å². The molecule has 0 aliphatic heterocycles. The second-order valence-electron chi connectivity index (χ2n) is 5.12. The number of pyridine rings is 1. The molecule has 3 heteroatoms. The van der Waals surface area contributed by atoms with Gasteiger partial charge >= 0.3 is 0 Å². The number of rotatable bonds is 3. The minimum absolute atomic E-state index is 0.0769. The second-order valence-corrected chi connectivity index (χ2v) is 5.12. The van der Waals surface area contributed by atoms with Gasteiger partial charge in [-0.15, -0.1) is 0 Å². The number of nitrogens with zero attached hydrogens (tertiary/aromatic N) is 2. The molecule has 1 heterocycles. The lowest BCUT2D eigenvalue weighted by atomic mass is 9.99. The molecular weight excluding hydrogens is 198 g/mol. The Morgan fingerprint density at radius 3 is 2.69 bits per heavy atom. The van der Waals surface area contributed by atoms with Crippen molar-refractivity contribution < 1.29 is 0 Å². The third-order valence-electron chi connectivity index (χ3n) is 3.13. The molecule has 0 atom stereocenters. The maximum absolute atomic E-state index is 8.90. The van der Waals surface area contributed by atoms with Crippen molar-refractivity contribution in [1.82, 2.24) is 4.98 Å². The van der Waals surface area contributed by atoms with E-state index in [1.807, 2.05) is 13.0 Å². The summed E-state index contributed by atoms with van der Waals surface area (Å²) >= 11 is 0. The number of nitrogens with one attached hydrogen (secondary N) is 1. The normalized spacial score (nSPS) is 15.6. The van der Waals surface area contributed by atoms with Crippen LogP contribution in [-0.2, 0) is 0 Å². The third kappa shape index (κ3) is 2.33. The van der Waals surface area contributed by atoms with Crippen LogP contribution in [0, 0.1) is 24.2 Å². The van der Waals surface area contributed by atoms with E-state index < -0.39 is 0 Å². The Hall–Kier alpha value is -1.56. The first-order valence-electron chi connectivity index (χ1n) is 5.68. The highest BCUT2D eigenvalue weighted by atomic mass is 15.1. The van der Waals surface area contributed by atoms with Crippen LogP contribution in [-0.4, -0.2) is 10.5 Å². The van der Waals surface area contributed by atoms with Crippen molar-refractivity contribution in [2.45, 2.75) is 39.2 Å². The van der Waals surface area contributed by atoms with Gasteiger partial charge in [0.25, 0.3) is 0 Å². The zero-order chi connectivity index (χ0) is 11.8. The molecule has 0 aromatic carbocycles. The highest BCUT2D eigenvalue weighted by Crippen LogP contribution is 2.40. The predicted octanol–water partition coefficient (Wildman–Crippen LogP) is 2.86. The Labute approximate surface area is 96.5 Å². The number of hydrogen-bond donors (Lipinski definition) is 1. The monoisotopic (exact) mass is 215 g/mol. The summed E-state index contributed by atoms with van der Waals surface area (Å²) in [7, 11) is 0. The van der Waals surface area contributed by atoms with Crippen molar-refractivity contribution in [2.24, 2.45) is 5.92 Å². The van der Waals surface area contributed by atoms with Crippen molar-refractivity contribution in [2.75, 3.05) is 5.32 Å². The topological polar surface area (TPSA) is 48.7 Å². The summed E-state index contributed by atoms with van der Waals surface area (Å²) in [6, 6.07) is 5.78. The van der Waals surface area contributed by atoms with Crippen LogP contribution in [0.3, 0.4) is 0 Å². The lowest BCUT2D eigenvalue weighted by molar-refractivity contribution is 0.492. The van der Waals surface area contributed by atoms with E-state index in [1.165, 1.54) is 12.8 Å². The van der Waals surface area contributed by atoms with Gasteiger partial charge in [0.1, 0.15) is 5.82 Å². The predicted molar refractivity (Wildman–Crippen MR) is 64.1 cm³/mol. The third-order valence-corrected chi connectivity index (χ3v) is 3.13. The van der Waals surface area contributed by atoms with Gasteiger partial charge in [-0.25, -0.2) is 4.98 Å². The minimum Gasteiger partial charge on any atom is -0.365 e. The van der Waals surface area contributed by atoms with Crippen molar-refractivity contribution in [3.63, 3.8) is 0 Å². The highest BCUT2D eigenvalue weighted by molar-refractivity contribution is 5.46. The fraction of sp³-hybridized carbons (Fsp3) is 0.538. The van der Waals surface area contributed by atoms with Gasteiger partial charge < -0.3 is 5.32 Å². The lowest BCUT2D eigenvalue weighted by Gasteiger charge is -2.27. The SMILES string of the molecule is Cc1cc(C#N)cc(NC(C)(C)C2CC2)n1. The first-order chi connectivity index (χ1) is 7.51. The van der Waals surface area contributed by atoms with Crippen molar-refractivity contribution in [3.8, 4) is 6.07 Å². The number of nitriles is 1. The summed E-state index contributed by atoms with van der Waals surface area (Å²) in [5, 5.41) is 12.3. The van der Waals surface area contributed by atoms with E-state index in [0.29, 0.717) is 5.56 Å². The molecule has 0 bridgehead atoms. The summed E-state index contributed by atoms with van der Waals surface area (Å²) in [6.45, 7) is 6.30. The zero-order valence-corrected chi connectivity index (χ0v) is 10.0. The average molecular weight is 215 g/mol. The first kappa shape index (κ1) is 10.9. The maximum atomic E-state index is 8.90. The van der Waals surface area contributed by atoms with Crippen LogP contribution >= 0.6 is 0 Å². The Morgan fingerprint density at radius 1 is 1.44 bits per heavy atom. The molecule has 2 rings (SSSR count). The van der Waals surface area contributed by atoms with Crippen LogP contribution in [0.4, 0.5) is 5.82 Å². The average Bonchev–Trinajstić information content (AvgIpc) is 2.98. The van der Waals surface area contributed by atoms with E-state index in [4.69, 9.17) is 5.26 Å². The van der Waals surface area contributed by atoms with E-state index >= 15 is 0 Å². The van der Waals surface area contributed by atoms with E-state index in [1.54, 1.807) is 6.07 Å². The Bertz CT molecular complexity index is 439. The molecule has 1 aliphatic carbocycles. The van der Waals surface area contributed by atoms with E-state index in [0.717, 1.165) is 17.4 Å². The summed E-state index contributed by atoms with van der Waals surface area (Å²) < 4.78 is 0. The van der Waals surface area contributed by atoms with Crippen molar-refractivity contribution >= 4 is 5.82 Å². The van der Waals surface area contributed by atoms with Crippen molar-refractivity contribution in [3.05, 3.63) is 23.4 Å². The largest absolute Gasteiger partial charge is 0.365 e. The first-order valence-corrected chi connectivity index (χ1v) is 5.68.